The molecule has 1 fully saturated rings. The van der Waals surface area contributed by atoms with Crippen LogP contribution < -0.4 is 0 Å². The predicted molar refractivity (Wildman–Crippen MR) is 90.1 cm³/mol. The Bertz CT molecular complexity index is 855. The first-order valence-electron chi connectivity index (χ1n) is 6.75. The summed E-state index contributed by atoms with van der Waals surface area (Å²) in [5, 5.41) is 0. The van der Waals surface area contributed by atoms with E-state index in [1.165, 1.54) is 23.1 Å². The van der Waals surface area contributed by atoms with Gasteiger partial charge in [0.2, 0.25) is 0 Å². The van der Waals surface area contributed by atoms with Crippen LogP contribution >= 0.6 is 24.0 Å². The van der Waals surface area contributed by atoms with Gasteiger partial charge in [-0.2, -0.15) is 13.2 Å². The van der Waals surface area contributed by atoms with E-state index in [0.717, 1.165) is 23.9 Å². The van der Waals surface area contributed by atoms with E-state index < -0.39 is 11.7 Å². The van der Waals surface area contributed by atoms with Gasteiger partial charge in [0, 0.05) is 18.7 Å². The molecular weight excluding hydrogens is 359 g/mol. The van der Waals surface area contributed by atoms with Crippen LogP contribution in [0.4, 0.5) is 13.2 Å². The van der Waals surface area contributed by atoms with Crippen molar-refractivity contribution in [2.45, 2.75) is 6.18 Å². The van der Waals surface area contributed by atoms with E-state index in [1.54, 1.807) is 19.2 Å². The van der Waals surface area contributed by atoms with Gasteiger partial charge in [-0.3, -0.25) is 9.69 Å². The number of furan rings is 1. The Kier molecular flexibility index (Phi) is 4.27. The van der Waals surface area contributed by atoms with E-state index in [2.05, 4.69) is 0 Å². The number of carbonyl (C=O) groups is 1. The van der Waals surface area contributed by atoms with Crippen molar-refractivity contribution in [1.29, 1.82) is 0 Å². The average Bonchev–Trinajstić information content (AvgIpc) is 3.08. The van der Waals surface area contributed by atoms with Crippen molar-refractivity contribution < 1.29 is 22.4 Å². The standard InChI is InChI=1S/C16H10F3NO2S2/c1-20-14(21)13(24-15(20)23)8-11-5-6-12(22-11)9-3-2-4-10(7-9)16(17,18)19/h2-8H,1H3/b13-8+. The minimum atomic E-state index is -4.42. The smallest absolute Gasteiger partial charge is 0.416 e. The monoisotopic (exact) mass is 369 g/mol. The highest BCUT2D eigenvalue weighted by Gasteiger charge is 2.31. The van der Waals surface area contributed by atoms with Gasteiger partial charge in [0.15, 0.2) is 0 Å². The second kappa shape index (κ2) is 6.10. The average molecular weight is 369 g/mol. The van der Waals surface area contributed by atoms with Crippen LogP contribution in [-0.4, -0.2) is 22.2 Å². The molecule has 2 aromatic rings. The fourth-order valence-electron chi connectivity index (χ4n) is 2.11. The number of amides is 1. The van der Waals surface area contributed by atoms with Crippen LogP contribution in [0.3, 0.4) is 0 Å². The normalized spacial score (nSPS) is 17.2. The maximum atomic E-state index is 12.8. The van der Waals surface area contributed by atoms with E-state index in [0.29, 0.717) is 26.3 Å². The number of hydrogen-bond donors (Lipinski definition) is 0. The summed E-state index contributed by atoms with van der Waals surface area (Å²) in [4.78, 5) is 13.7. The third kappa shape index (κ3) is 3.25. The third-order valence-corrected chi connectivity index (χ3v) is 4.85. The minimum absolute atomic E-state index is 0.234. The lowest BCUT2D eigenvalue weighted by molar-refractivity contribution is -0.137. The van der Waals surface area contributed by atoms with Crippen LogP contribution in [0.5, 0.6) is 0 Å². The van der Waals surface area contributed by atoms with Crippen LogP contribution in [0.2, 0.25) is 0 Å². The molecular formula is C16H10F3NO2S2. The van der Waals surface area contributed by atoms with Crippen LogP contribution in [0.25, 0.3) is 17.4 Å². The fourth-order valence-corrected chi connectivity index (χ4v) is 3.27. The summed E-state index contributed by atoms with van der Waals surface area (Å²) in [6, 6.07) is 8.03. The Labute approximate surface area is 145 Å². The molecule has 2 heterocycles. The number of thiocarbonyl (C=S) groups is 1. The van der Waals surface area contributed by atoms with Crippen molar-refractivity contribution in [2.24, 2.45) is 0 Å². The highest BCUT2D eigenvalue weighted by molar-refractivity contribution is 8.26. The highest BCUT2D eigenvalue weighted by atomic mass is 32.2. The van der Waals surface area contributed by atoms with Gasteiger partial charge in [-0.25, -0.2) is 0 Å². The SMILES string of the molecule is CN1C(=O)/C(=C\c2ccc(-c3cccc(C(F)(F)F)c3)o2)SC1=S. The first-order valence-corrected chi connectivity index (χ1v) is 7.97. The molecule has 1 saturated heterocycles. The largest absolute Gasteiger partial charge is 0.457 e. The number of thioether (sulfide) groups is 1. The molecule has 1 aliphatic rings. The fraction of sp³-hybridized carbons (Fsp3) is 0.125. The molecule has 0 atom stereocenters. The molecule has 0 radical (unpaired) electrons. The molecule has 3 rings (SSSR count). The van der Waals surface area contributed by atoms with Gasteiger partial charge >= 0.3 is 6.18 Å². The summed E-state index contributed by atoms with van der Waals surface area (Å²) in [6.07, 6.45) is -2.89. The van der Waals surface area contributed by atoms with E-state index in [9.17, 15) is 18.0 Å². The predicted octanol–water partition coefficient (Wildman–Crippen LogP) is 4.80. The number of nitrogens with zero attached hydrogens (tertiary/aromatic N) is 1. The summed E-state index contributed by atoms with van der Waals surface area (Å²) < 4.78 is 44.3. The van der Waals surface area contributed by atoms with Gasteiger partial charge in [0.1, 0.15) is 15.8 Å². The number of hydrogen-bond acceptors (Lipinski definition) is 4. The lowest BCUT2D eigenvalue weighted by Gasteiger charge is -2.07. The Morgan fingerprint density at radius 2 is 2.00 bits per heavy atom. The molecule has 0 unspecified atom stereocenters. The molecule has 24 heavy (non-hydrogen) atoms. The van der Waals surface area contributed by atoms with Crippen molar-refractivity contribution in [1.82, 2.24) is 4.90 Å². The van der Waals surface area contributed by atoms with Gasteiger partial charge < -0.3 is 4.42 Å². The zero-order chi connectivity index (χ0) is 17.5. The van der Waals surface area contributed by atoms with Crippen molar-refractivity contribution in [3.8, 4) is 11.3 Å². The molecule has 0 saturated carbocycles. The van der Waals surface area contributed by atoms with Crippen LogP contribution in [0.15, 0.2) is 45.7 Å². The summed E-state index contributed by atoms with van der Waals surface area (Å²) in [5.74, 6) is 0.428. The van der Waals surface area contributed by atoms with Crippen LogP contribution in [0.1, 0.15) is 11.3 Å². The van der Waals surface area contributed by atoms with Gasteiger partial charge in [-0.15, -0.1) is 0 Å². The Balaban J connectivity index is 1.90. The topological polar surface area (TPSA) is 33.5 Å². The van der Waals surface area contributed by atoms with E-state index in [-0.39, 0.29) is 5.91 Å². The highest BCUT2D eigenvalue weighted by Crippen LogP contribution is 2.34. The lowest BCUT2D eigenvalue weighted by atomic mass is 10.1. The maximum absolute atomic E-state index is 12.8. The molecule has 1 aromatic carbocycles. The molecule has 0 bridgehead atoms. The number of rotatable bonds is 2. The molecule has 124 valence electrons. The molecule has 8 heteroatoms. The minimum Gasteiger partial charge on any atom is -0.457 e. The van der Waals surface area contributed by atoms with Crippen molar-refractivity contribution in [3.05, 3.63) is 52.6 Å². The summed E-state index contributed by atoms with van der Waals surface area (Å²) in [5.41, 5.74) is -0.433. The quantitative estimate of drug-likeness (QED) is 0.563. The van der Waals surface area contributed by atoms with Gasteiger partial charge in [-0.05, 0) is 24.3 Å². The van der Waals surface area contributed by atoms with Crippen molar-refractivity contribution in [3.63, 3.8) is 0 Å². The number of likely N-dealkylation sites (N-methyl/N-ethyl adjacent to an activating group) is 1. The number of alkyl halides is 3. The van der Waals surface area contributed by atoms with Gasteiger partial charge in [0.25, 0.3) is 5.91 Å². The summed E-state index contributed by atoms with van der Waals surface area (Å²) >= 11 is 6.18. The second-order valence-corrected chi connectivity index (χ2v) is 6.70. The second-order valence-electron chi connectivity index (χ2n) is 5.02. The van der Waals surface area contributed by atoms with Gasteiger partial charge in [0.05, 0.1) is 10.5 Å². The number of halogens is 3. The summed E-state index contributed by atoms with van der Waals surface area (Å²) in [7, 11) is 1.58. The Morgan fingerprint density at radius 1 is 1.25 bits per heavy atom. The molecule has 3 nitrogen and oxygen atoms in total. The zero-order valence-corrected chi connectivity index (χ0v) is 13.9. The molecule has 0 N–H and O–H groups in total. The Morgan fingerprint density at radius 3 is 2.62 bits per heavy atom. The van der Waals surface area contributed by atoms with Crippen LogP contribution in [0, 0.1) is 0 Å². The third-order valence-electron chi connectivity index (χ3n) is 3.36. The first kappa shape index (κ1) is 16.8. The van der Waals surface area contributed by atoms with Gasteiger partial charge in [-0.1, -0.05) is 36.1 Å². The van der Waals surface area contributed by atoms with E-state index >= 15 is 0 Å². The van der Waals surface area contributed by atoms with Crippen LogP contribution in [-0.2, 0) is 11.0 Å². The van der Waals surface area contributed by atoms with E-state index in [4.69, 9.17) is 16.6 Å². The molecule has 1 aliphatic heterocycles. The number of benzene rings is 1. The van der Waals surface area contributed by atoms with E-state index in [1.807, 2.05) is 0 Å². The number of carbonyl (C=O) groups excluding carboxylic acids is 1. The maximum Gasteiger partial charge on any atom is 0.416 e. The lowest BCUT2D eigenvalue weighted by Crippen LogP contribution is -2.22. The van der Waals surface area contributed by atoms with Crippen molar-refractivity contribution >= 4 is 40.3 Å². The molecule has 0 spiro atoms. The zero-order valence-electron chi connectivity index (χ0n) is 12.3. The van der Waals surface area contributed by atoms with Crippen molar-refractivity contribution in [2.75, 3.05) is 7.05 Å². The molecule has 0 aliphatic carbocycles. The first-order chi connectivity index (χ1) is 11.3. The molecule has 1 amide bonds. The summed E-state index contributed by atoms with van der Waals surface area (Å²) in [6.45, 7) is 0. The molecule has 1 aromatic heterocycles. The Hall–Kier alpha value is -2.06.